The highest BCUT2D eigenvalue weighted by Gasteiger charge is 2.44. The van der Waals surface area contributed by atoms with Crippen LogP contribution in [0.25, 0.3) is 0 Å². The van der Waals surface area contributed by atoms with Crippen LogP contribution in [-0.2, 0) is 12.8 Å². The van der Waals surface area contributed by atoms with Gasteiger partial charge in [0.05, 0.1) is 5.69 Å². The molecule has 3 nitrogen and oxygen atoms in total. The molecule has 0 spiro atoms. The Morgan fingerprint density at radius 2 is 1.93 bits per heavy atom. The van der Waals surface area contributed by atoms with Crippen LogP contribution in [-0.4, -0.2) is 40.2 Å². The molecule has 0 radical (unpaired) electrons. The zero-order chi connectivity index (χ0) is 18.7. The van der Waals surface area contributed by atoms with E-state index >= 15 is 0 Å². The van der Waals surface area contributed by atoms with E-state index < -0.39 is 5.60 Å². The molecule has 3 fully saturated rings. The van der Waals surface area contributed by atoms with Crippen LogP contribution in [0.2, 0.25) is 0 Å². The summed E-state index contributed by atoms with van der Waals surface area (Å²) in [5.41, 5.74) is 3.45. The number of fused-ring (bicyclic) bond motifs is 3. The first-order valence-corrected chi connectivity index (χ1v) is 10.2. The fourth-order valence-electron chi connectivity index (χ4n) is 4.34. The normalized spacial score (nSPS) is 26.4. The standard InChI is InChI=1S/C24H28N2O/c1-2-6-22-10-9-20(23(25-22)17-19-7-4-3-5-8-19)11-14-24(27)18-26-15-12-21(24)13-16-26/h3-5,7-10,21,27H,2,6,12-13,15-18H2,1H3. The number of rotatable bonds is 4. The summed E-state index contributed by atoms with van der Waals surface area (Å²) >= 11 is 0. The number of hydrogen-bond acceptors (Lipinski definition) is 3. The van der Waals surface area contributed by atoms with Gasteiger partial charge in [0.1, 0.15) is 5.60 Å². The molecule has 1 unspecified atom stereocenters. The molecule has 1 N–H and O–H groups in total. The number of piperidine rings is 3. The van der Waals surface area contributed by atoms with Crippen molar-refractivity contribution in [1.82, 2.24) is 9.88 Å². The van der Waals surface area contributed by atoms with Crippen LogP contribution < -0.4 is 0 Å². The van der Waals surface area contributed by atoms with Crippen molar-refractivity contribution in [1.29, 1.82) is 0 Å². The van der Waals surface area contributed by atoms with Gasteiger partial charge in [-0.15, -0.1) is 0 Å². The summed E-state index contributed by atoms with van der Waals surface area (Å²) in [4.78, 5) is 7.23. The third-order valence-electron chi connectivity index (χ3n) is 5.89. The van der Waals surface area contributed by atoms with Gasteiger partial charge in [0.25, 0.3) is 0 Å². The highest BCUT2D eigenvalue weighted by molar-refractivity contribution is 5.43. The monoisotopic (exact) mass is 360 g/mol. The molecule has 1 aromatic heterocycles. The van der Waals surface area contributed by atoms with Crippen molar-refractivity contribution >= 4 is 0 Å². The maximum atomic E-state index is 11.1. The molecule has 2 bridgehead atoms. The van der Waals surface area contributed by atoms with Crippen molar-refractivity contribution in [3.05, 3.63) is 65.0 Å². The van der Waals surface area contributed by atoms with Gasteiger partial charge in [-0.1, -0.05) is 55.5 Å². The number of pyridine rings is 1. The zero-order valence-corrected chi connectivity index (χ0v) is 16.1. The molecule has 1 aromatic carbocycles. The molecule has 0 amide bonds. The quantitative estimate of drug-likeness (QED) is 0.849. The second-order valence-electron chi connectivity index (χ2n) is 7.93. The van der Waals surface area contributed by atoms with Gasteiger partial charge in [-0.3, -0.25) is 9.88 Å². The maximum Gasteiger partial charge on any atom is 0.141 e. The predicted molar refractivity (Wildman–Crippen MR) is 108 cm³/mol. The van der Waals surface area contributed by atoms with Crippen molar-refractivity contribution in [2.24, 2.45) is 5.92 Å². The number of aryl methyl sites for hydroxylation is 1. The second-order valence-corrected chi connectivity index (χ2v) is 7.93. The van der Waals surface area contributed by atoms with Crippen molar-refractivity contribution in [3.63, 3.8) is 0 Å². The first kappa shape index (κ1) is 18.2. The van der Waals surface area contributed by atoms with E-state index in [9.17, 15) is 5.11 Å². The Morgan fingerprint density at radius 1 is 1.15 bits per heavy atom. The highest BCUT2D eigenvalue weighted by Crippen LogP contribution is 2.35. The van der Waals surface area contributed by atoms with Gasteiger partial charge in [-0.05, 0) is 50.0 Å². The molecule has 3 aliphatic rings. The predicted octanol–water partition coefficient (Wildman–Crippen LogP) is 3.43. The van der Waals surface area contributed by atoms with Gasteiger partial charge in [-0.25, -0.2) is 0 Å². The van der Waals surface area contributed by atoms with Crippen LogP contribution in [0.15, 0.2) is 42.5 Å². The Bertz CT molecular complexity index is 844. The van der Waals surface area contributed by atoms with Crippen molar-refractivity contribution in [3.8, 4) is 11.8 Å². The molecular formula is C24H28N2O. The lowest BCUT2D eigenvalue weighted by Gasteiger charge is -2.47. The molecule has 3 saturated heterocycles. The SMILES string of the molecule is CCCc1ccc(C#CC2(O)CN3CCC2CC3)c(Cc2ccccc2)n1. The first-order chi connectivity index (χ1) is 13.2. The molecular weight excluding hydrogens is 332 g/mol. The summed E-state index contributed by atoms with van der Waals surface area (Å²) in [5.74, 6) is 6.86. The number of nitrogens with zero attached hydrogens (tertiary/aromatic N) is 2. The topological polar surface area (TPSA) is 36.4 Å². The van der Waals surface area contributed by atoms with E-state index in [0.717, 1.165) is 62.1 Å². The fourth-order valence-corrected chi connectivity index (χ4v) is 4.34. The van der Waals surface area contributed by atoms with Crippen LogP contribution in [0, 0.1) is 17.8 Å². The summed E-state index contributed by atoms with van der Waals surface area (Å²) in [7, 11) is 0. The molecule has 2 aromatic rings. The first-order valence-electron chi connectivity index (χ1n) is 10.2. The Labute approximate surface area is 162 Å². The highest BCUT2D eigenvalue weighted by atomic mass is 16.3. The smallest absolute Gasteiger partial charge is 0.141 e. The third kappa shape index (κ3) is 4.08. The van der Waals surface area contributed by atoms with Crippen molar-refractivity contribution < 1.29 is 5.11 Å². The summed E-state index contributed by atoms with van der Waals surface area (Å²) in [5, 5.41) is 11.1. The number of benzene rings is 1. The van der Waals surface area contributed by atoms with E-state index in [1.807, 2.05) is 6.07 Å². The van der Waals surface area contributed by atoms with Gasteiger partial charge in [0, 0.05) is 30.1 Å². The molecule has 4 heterocycles. The Hall–Kier alpha value is -2.15. The number of aliphatic hydroxyl groups is 1. The molecule has 3 aliphatic heterocycles. The third-order valence-corrected chi connectivity index (χ3v) is 5.89. The number of hydrogen-bond donors (Lipinski definition) is 1. The lowest BCUT2D eigenvalue weighted by molar-refractivity contribution is -0.0713. The molecule has 3 heteroatoms. The lowest BCUT2D eigenvalue weighted by Crippen LogP contribution is -2.58. The van der Waals surface area contributed by atoms with Crippen LogP contribution in [0.4, 0.5) is 0 Å². The Kier molecular flexibility index (Phi) is 5.29. The van der Waals surface area contributed by atoms with Crippen LogP contribution >= 0.6 is 0 Å². The summed E-state index contributed by atoms with van der Waals surface area (Å²) in [6, 6.07) is 14.6. The van der Waals surface area contributed by atoms with E-state index in [-0.39, 0.29) is 0 Å². The summed E-state index contributed by atoms with van der Waals surface area (Å²) in [6.07, 6.45) is 4.94. The molecule has 0 saturated carbocycles. The van der Waals surface area contributed by atoms with Gasteiger partial charge >= 0.3 is 0 Å². The molecule has 5 rings (SSSR count). The largest absolute Gasteiger partial charge is 0.376 e. The molecule has 1 atom stereocenters. The van der Waals surface area contributed by atoms with E-state index in [0.29, 0.717) is 12.5 Å². The van der Waals surface area contributed by atoms with Crippen LogP contribution in [0.3, 0.4) is 0 Å². The molecule has 140 valence electrons. The van der Waals surface area contributed by atoms with Gasteiger partial charge in [-0.2, -0.15) is 0 Å². The lowest BCUT2D eigenvalue weighted by atomic mass is 9.75. The Morgan fingerprint density at radius 3 is 2.59 bits per heavy atom. The average molecular weight is 361 g/mol. The van der Waals surface area contributed by atoms with E-state index in [4.69, 9.17) is 4.98 Å². The van der Waals surface area contributed by atoms with E-state index in [2.05, 4.69) is 60.1 Å². The van der Waals surface area contributed by atoms with Crippen LogP contribution in [0.1, 0.15) is 48.7 Å². The minimum atomic E-state index is -0.872. The molecule has 27 heavy (non-hydrogen) atoms. The summed E-state index contributed by atoms with van der Waals surface area (Å²) < 4.78 is 0. The average Bonchev–Trinajstić information content (AvgIpc) is 2.69. The Balaban J connectivity index is 1.64. The van der Waals surface area contributed by atoms with E-state index in [1.165, 1.54) is 5.56 Å². The van der Waals surface area contributed by atoms with Crippen LogP contribution in [0.5, 0.6) is 0 Å². The fraction of sp³-hybridized carbons (Fsp3) is 0.458. The second kappa shape index (κ2) is 7.84. The van der Waals surface area contributed by atoms with Gasteiger partial charge in [0.15, 0.2) is 0 Å². The minimum absolute atomic E-state index is 0.305. The zero-order valence-electron chi connectivity index (χ0n) is 16.1. The maximum absolute atomic E-state index is 11.1. The van der Waals surface area contributed by atoms with Crippen molar-refractivity contribution in [2.45, 2.75) is 44.6 Å². The van der Waals surface area contributed by atoms with Gasteiger partial charge < -0.3 is 5.11 Å². The number of aromatic nitrogens is 1. The van der Waals surface area contributed by atoms with Gasteiger partial charge in [0.2, 0.25) is 0 Å². The minimum Gasteiger partial charge on any atom is -0.376 e. The van der Waals surface area contributed by atoms with E-state index in [1.54, 1.807) is 0 Å². The molecule has 0 aliphatic carbocycles. The summed E-state index contributed by atoms with van der Waals surface area (Å²) in [6.45, 7) is 5.05. The van der Waals surface area contributed by atoms with Crippen molar-refractivity contribution in [2.75, 3.05) is 19.6 Å².